The number of hydrogen-bond donors (Lipinski definition) is 2. The molecule has 0 bridgehead atoms. The van der Waals surface area contributed by atoms with Crippen LogP contribution in [0.25, 0.3) is 0 Å². The first-order valence-electron chi connectivity index (χ1n) is 12.0. The molecule has 34 heavy (non-hydrogen) atoms. The summed E-state index contributed by atoms with van der Waals surface area (Å²) in [6.45, 7) is 4.01. The van der Waals surface area contributed by atoms with Crippen molar-refractivity contribution in [2.45, 2.75) is 56.3 Å². The van der Waals surface area contributed by atoms with Gasteiger partial charge in [0.05, 0.1) is 18.7 Å². The van der Waals surface area contributed by atoms with E-state index in [1.807, 2.05) is 24.3 Å². The van der Waals surface area contributed by atoms with E-state index in [0.717, 1.165) is 50.0 Å². The first kappa shape index (κ1) is 27.0. The summed E-state index contributed by atoms with van der Waals surface area (Å²) in [6, 6.07) is 6.97. The quantitative estimate of drug-likeness (QED) is 0.636. The SMILES string of the molecule is Cl.Cl.N[C@H](C(=O)N1C[C@H]2CCCN2CC1C(=O)N[C@@H]1CCOc2ccccc21)C1CCOCC1. The van der Waals surface area contributed by atoms with Crippen molar-refractivity contribution in [1.82, 2.24) is 15.1 Å². The van der Waals surface area contributed by atoms with Gasteiger partial charge in [0.15, 0.2) is 0 Å². The number of nitrogens with zero attached hydrogens (tertiary/aromatic N) is 2. The summed E-state index contributed by atoms with van der Waals surface area (Å²) in [5, 5.41) is 3.23. The average molecular weight is 515 g/mol. The third-order valence-electron chi connectivity index (χ3n) is 7.61. The Kier molecular flexibility index (Phi) is 9.46. The molecular formula is C24H36Cl2N4O4. The molecule has 4 atom stereocenters. The van der Waals surface area contributed by atoms with Crippen molar-refractivity contribution in [3.63, 3.8) is 0 Å². The number of carbonyl (C=O) groups is 2. The average Bonchev–Trinajstić information content (AvgIpc) is 3.31. The predicted octanol–water partition coefficient (Wildman–Crippen LogP) is 1.90. The molecule has 0 saturated carbocycles. The van der Waals surface area contributed by atoms with Crippen LogP contribution < -0.4 is 15.8 Å². The maximum Gasteiger partial charge on any atom is 0.244 e. The molecule has 3 saturated heterocycles. The lowest BCUT2D eigenvalue weighted by Gasteiger charge is -2.45. The number of piperazine rings is 1. The summed E-state index contributed by atoms with van der Waals surface area (Å²) in [7, 11) is 0. The van der Waals surface area contributed by atoms with Crippen molar-refractivity contribution in [3.8, 4) is 5.75 Å². The van der Waals surface area contributed by atoms with Crippen molar-refractivity contribution >= 4 is 36.6 Å². The van der Waals surface area contributed by atoms with Crippen molar-refractivity contribution in [2.24, 2.45) is 11.7 Å². The van der Waals surface area contributed by atoms with Crippen LogP contribution in [0.1, 0.15) is 43.7 Å². The van der Waals surface area contributed by atoms with Gasteiger partial charge in [0.2, 0.25) is 11.8 Å². The van der Waals surface area contributed by atoms with Crippen molar-refractivity contribution in [2.75, 3.05) is 39.5 Å². The Bertz CT molecular complexity index is 854. The summed E-state index contributed by atoms with van der Waals surface area (Å²) in [4.78, 5) is 31.2. The van der Waals surface area contributed by atoms with E-state index in [1.54, 1.807) is 4.90 Å². The molecule has 5 rings (SSSR count). The zero-order chi connectivity index (χ0) is 22.1. The maximum absolute atomic E-state index is 13.5. The molecule has 4 aliphatic heterocycles. The van der Waals surface area contributed by atoms with Crippen molar-refractivity contribution < 1.29 is 19.1 Å². The topological polar surface area (TPSA) is 97.1 Å². The summed E-state index contributed by atoms with van der Waals surface area (Å²) < 4.78 is 11.2. The molecule has 10 heteroatoms. The zero-order valence-corrected chi connectivity index (χ0v) is 21.0. The van der Waals surface area contributed by atoms with Gasteiger partial charge in [-0.25, -0.2) is 0 Å². The highest BCUT2D eigenvalue weighted by molar-refractivity contribution is 5.90. The lowest BCUT2D eigenvalue weighted by Crippen LogP contribution is -2.65. The van der Waals surface area contributed by atoms with E-state index in [4.69, 9.17) is 15.2 Å². The monoisotopic (exact) mass is 514 g/mol. The second-order valence-corrected chi connectivity index (χ2v) is 9.51. The Morgan fingerprint density at radius 3 is 2.59 bits per heavy atom. The molecule has 0 radical (unpaired) electrons. The summed E-state index contributed by atoms with van der Waals surface area (Å²) >= 11 is 0. The number of nitrogens with two attached hydrogens (primary N) is 1. The molecule has 0 aromatic heterocycles. The third-order valence-corrected chi connectivity index (χ3v) is 7.61. The highest BCUT2D eigenvalue weighted by Gasteiger charge is 2.44. The fourth-order valence-electron chi connectivity index (χ4n) is 5.71. The van der Waals surface area contributed by atoms with Gasteiger partial charge in [-0.1, -0.05) is 18.2 Å². The maximum atomic E-state index is 13.5. The molecule has 2 amide bonds. The van der Waals surface area contributed by atoms with Crippen LogP contribution >= 0.6 is 24.8 Å². The predicted molar refractivity (Wildman–Crippen MR) is 134 cm³/mol. The van der Waals surface area contributed by atoms with E-state index in [0.29, 0.717) is 39.0 Å². The molecular weight excluding hydrogens is 479 g/mol. The Hall–Kier alpha value is -1.58. The summed E-state index contributed by atoms with van der Waals surface area (Å²) in [5.74, 6) is 0.756. The van der Waals surface area contributed by atoms with Crippen LogP contribution in [0.5, 0.6) is 5.75 Å². The number of benzene rings is 1. The van der Waals surface area contributed by atoms with Crippen molar-refractivity contribution in [1.29, 1.82) is 0 Å². The second kappa shape index (κ2) is 11.9. The molecule has 190 valence electrons. The van der Waals surface area contributed by atoms with E-state index in [2.05, 4.69) is 10.2 Å². The van der Waals surface area contributed by atoms with E-state index in [-0.39, 0.29) is 48.6 Å². The van der Waals surface area contributed by atoms with Gasteiger partial charge in [-0.15, -0.1) is 24.8 Å². The molecule has 8 nitrogen and oxygen atoms in total. The molecule has 0 spiro atoms. The molecule has 1 aromatic carbocycles. The van der Waals surface area contributed by atoms with Crippen LogP contribution in [-0.4, -0.2) is 79.2 Å². The van der Waals surface area contributed by atoms with Crippen LogP contribution in [-0.2, 0) is 14.3 Å². The highest BCUT2D eigenvalue weighted by atomic mass is 35.5. The number of halogens is 2. The zero-order valence-electron chi connectivity index (χ0n) is 19.4. The van der Waals surface area contributed by atoms with Gasteiger partial charge in [0, 0.05) is 44.3 Å². The van der Waals surface area contributed by atoms with Gasteiger partial charge in [0.1, 0.15) is 11.8 Å². The van der Waals surface area contributed by atoms with Crippen LogP contribution in [0.3, 0.4) is 0 Å². The van der Waals surface area contributed by atoms with Gasteiger partial charge >= 0.3 is 0 Å². The minimum absolute atomic E-state index is 0. The second-order valence-electron chi connectivity index (χ2n) is 9.51. The Morgan fingerprint density at radius 2 is 1.79 bits per heavy atom. The first-order valence-corrected chi connectivity index (χ1v) is 12.0. The lowest BCUT2D eigenvalue weighted by molar-refractivity contribution is -0.148. The Labute approximate surface area is 213 Å². The van der Waals surface area contributed by atoms with Gasteiger partial charge in [-0.2, -0.15) is 0 Å². The number of amides is 2. The van der Waals surface area contributed by atoms with E-state index in [9.17, 15) is 9.59 Å². The van der Waals surface area contributed by atoms with E-state index >= 15 is 0 Å². The molecule has 3 N–H and O–H groups in total. The number of hydrogen-bond acceptors (Lipinski definition) is 6. The molecule has 1 aromatic rings. The van der Waals surface area contributed by atoms with Crippen molar-refractivity contribution in [3.05, 3.63) is 29.8 Å². The fourth-order valence-corrected chi connectivity index (χ4v) is 5.71. The standard InChI is InChI=1S/C24H34N4O4.2ClH/c25-22(16-7-11-31-12-8-16)24(30)28-14-17-4-3-10-27(17)15-20(28)23(29)26-19-9-13-32-21-6-2-1-5-18(19)21;;/h1-2,5-6,16-17,19-20,22H,3-4,7-15,25H2,(H,26,29);2*1H/t17-,19-,20?,22+;;/m1../s1. The normalized spacial score (nSPS) is 27.8. The summed E-state index contributed by atoms with van der Waals surface area (Å²) in [5.41, 5.74) is 7.46. The molecule has 4 heterocycles. The number of ether oxygens (including phenoxy) is 2. The fraction of sp³-hybridized carbons (Fsp3) is 0.667. The largest absolute Gasteiger partial charge is 0.493 e. The first-order chi connectivity index (χ1) is 15.6. The lowest BCUT2D eigenvalue weighted by atomic mass is 9.90. The van der Waals surface area contributed by atoms with Crippen LogP contribution in [0.4, 0.5) is 0 Å². The minimum atomic E-state index is -0.578. The molecule has 0 aliphatic carbocycles. The van der Waals surface area contributed by atoms with Crippen LogP contribution in [0, 0.1) is 5.92 Å². The van der Waals surface area contributed by atoms with Gasteiger partial charge < -0.3 is 25.4 Å². The number of nitrogens with one attached hydrogen (secondary N) is 1. The molecule has 3 fully saturated rings. The number of fused-ring (bicyclic) bond motifs is 2. The molecule has 4 aliphatic rings. The highest BCUT2D eigenvalue weighted by Crippen LogP contribution is 2.32. The number of rotatable bonds is 4. The Balaban J connectivity index is 0.00000162. The number of carbonyl (C=O) groups excluding carboxylic acids is 2. The van der Waals surface area contributed by atoms with Gasteiger partial charge in [-0.3, -0.25) is 14.5 Å². The van der Waals surface area contributed by atoms with E-state index in [1.165, 1.54) is 0 Å². The summed E-state index contributed by atoms with van der Waals surface area (Å²) in [6.07, 6.45) is 4.49. The van der Waals surface area contributed by atoms with Crippen LogP contribution in [0.2, 0.25) is 0 Å². The minimum Gasteiger partial charge on any atom is -0.493 e. The van der Waals surface area contributed by atoms with Gasteiger partial charge in [0.25, 0.3) is 0 Å². The smallest absolute Gasteiger partial charge is 0.244 e. The Morgan fingerprint density at radius 1 is 1.03 bits per heavy atom. The molecule has 1 unspecified atom stereocenters. The van der Waals surface area contributed by atoms with Crippen LogP contribution in [0.15, 0.2) is 24.3 Å². The van der Waals surface area contributed by atoms with E-state index < -0.39 is 12.1 Å². The number of para-hydroxylation sites is 1. The third kappa shape index (κ3) is 5.46. The van der Waals surface area contributed by atoms with Gasteiger partial charge in [-0.05, 0) is 44.2 Å².